The fourth-order valence-electron chi connectivity index (χ4n) is 2.03. The van der Waals surface area contributed by atoms with Crippen LogP contribution in [0.25, 0.3) is 0 Å². The number of urea groups is 1. The van der Waals surface area contributed by atoms with Crippen LogP contribution in [-0.4, -0.2) is 40.5 Å². The summed E-state index contributed by atoms with van der Waals surface area (Å²) in [5.74, 6) is -2.10. The number of nitrogens with zero attached hydrogens (tertiary/aromatic N) is 1. The molecule has 1 aromatic rings. The molecule has 2 N–H and O–H groups in total. The number of hydrogen-bond donors (Lipinski definition) is 2. The van der Waals surface area contributed by atoms with Crippen LogP contribution in [0.15, 0.2) is 24.3 Å². The minimum absolute atomic E-state index is 0.0875. The molecule has 20 heavy (non-hydrogen) atoms. The van der Waals surface area contributed by atoms with Crippen LogP contribution in [0.1, 0.15) is 12.0 Å². The molecule has 1 aliphatic rings. The maximum atomic E-state index is 13.0. The van der Waals surface area contributed by atoms with E-state index in [4.69, 9.17) is 5.11 Å². The zero-order valence-electron chi connectivity index (χ0n) is 10.5. The Bertz CT molecular complexity index is 561. The number of nitrogens with one attached hydrogen (secondary N) is 1. The summed E-state index contributed by atoms with van der Waals surface area (Å²) in [6, 6.07) is 4.23. The molecule has 7 heteroatoms. The SMILES string of the molecule is O=C(O)C[C@@H]1NC(=O)N(CCc2cccc(F)c2)C1=O. The Kier molecular flexibility index (Phi) is 3.97. The molecular formula is C13H13FN2O4. The highest BCUT2D eigenvalue weighted by molar-refractivity contribution is 6.05. The molecule has 0 bridgehead atoms. The number of halogens is 1. The van der Waals surface area contributed by atoms with Gasteiger partial charge in [-0.3, -0.25) is 14.5 Å². The minimum atomic E-state index is -1.16. The van der Waals surface area contributed by atoms with E-state index in [0.717, 1.165) is 4.90 Å². The molecule has 2 rings (SSSR count). The fraction of sp³-hybridized carbons (Fsp3) is 0.308. The topological polar surface area (TPSA) is 86.7 Å². The van der Waals surface area contributed by atoms with Crippen molar-refractivity contribution in [3.63, 3.8) is 0 Å². The van der Waals surface area contributed by atoms with E-state index in [1.807, 2.05) is 0 Å². The quantitative estimate of drug-likeness (QED) is 0.780. The average Bonchev–Trinajstić information content (AvgIpc) is 2.62. The number of carbonyl (C=O) groups excluding carboxylic acids is 2. The van der Waals surface area contributed by atoms with Gasteiger partial charge in [-0.25, -0.2) is 9.18 Å². The lowest BCUT2D eigenvalue weighted by atomic mass is 10.1. The first kappa shape index (κ1) is 14.0. The molecule has 1 fully saturated rings. The number of carboxylic acid groups (broad SMARTS) is 1. The van der Waals surface area contributed by atoms with Crippen LogP contribution in [0, 0.1) is 5.82 Å². The first-order valence-electron chi connectivity index (χ1n) is 6.05. The van der Waals surface area contributed by atoms with Gasteiger partial charge < -0.3 is 10.4 Å². The van der Waals surface area contributed by atoms with E-state index in [1.54, 1.807) is 12.1 Å². The van der Waals surface area contributed by atoms with E-state index >= 15 is 0 Å². The van der Waals surface area contributed by atoms with Gasteiger partial charge in [0, 0.05) is 6.54 Å². The summed E-state index contributed by atoms with van der Waals surface area (Å²) >= 11 is 0. The van der Waals surface area contributed by atoms with Gasteiger partial charge in [0.1, 0.15) is 11.9 Å². The van der Waals surface area contributed by atoms with Gasteiger partial charge in [0.15, 0.2) is 0 Å². The van der Waals surface area contributed by atoms with Crippen molar-refractivity contribution in [2.45, 2.75) is 18.9 Å². The summed E-state index contributed by atoms with van der Waals surface area (Å²) in [7, 11) is 0. The number of amides is 3. The van der Waals surface area contributed by atoms with E-state index in [1.165, 1.54) is 12.1 Å². The van der Waals surface area contributed by atoms with E-state index in [2.05, 4.69) is 5.32 Å². The molecule has 106 valence electrons. The van der Waals surface area contributed by atoms with Crippen molar-refractivity contribution in [1.29, 1.82) is 0 Å². The van der Waals surface area contributed by atoms with Gasteiger partial charge in [-0.2, -0.15) is 0 Å². The van der Waals surface area contributed by atoms with E-state index in [-0.39, 0.29) is 12.4 Å². The van der Waals surface area contributed by atoms with Gasteiger partial charge in [-0.05, 0) is 24.1 Å². The van der Waals surface area contributed by atoms with Crippen molar-refractivity contribution in [3.05, 3.63) is 35.6 Å². The second-order valence-electron chi connectivity index (χ2n) is 4.47. The maximum Gasteiger partial charge on any atom is 0.324 e. The smallest absolute Gasteiger partial charge is 0.324 e. The molecule has 0 radical (unpaired) electrons. The number of benzene rings is 1. The lowest BCUT2D eigenvalue weighted by Gasteiger charge is -2.12. The molecule has 1 saturated heterocycles. The van der Waals surface area contributed by atoms with Crippen LogP contribution in [0.5, 0.6) is 0 Å². The lowest BCUT2D eigenvalue weighted by molar-refractivity contribution is -0.140. The number of rotatable bonds is 5. The van der Waals surface area contributed by atoms with E-state index in [9.17, 15) is 18.8 Å². The van der Waals surface area contributed by atoms with Crippen molar-refractivity contribution < 1.29 is 23.9 Å². The van der Waals surface area contributed by atoms with Crippen molar-refractivity contribution >= 4 is 17.9 Å². The molecule has 0 unspecified atom stereocenters. The fourth-order valence-corrected chi connectivity index (χ4v) is 2.03. The monoisotopic (exact) mass is 280 g/mol. The molecule has 1 aliphatic heterocycles. The van der Waals surface area contributed by atoms with Crippen molar-refractivity contribution in [2.75, 3.05) is 6.54 Å². The second-order valence-corrected chi connectivity index (χ2v) is 4.47. The third-order valence-electron chi connectivity index (χ3n) is 3.00. The highest BCUT2D eigenvalue weighted by Gasteiger charge is 2.38. The van der Waals surface area contributed by atoms with Crippen LogP contribution in [0.3, 0.4) is 0 Å². The van der Waals surface area contributed by atoms with Crippen LogP contribution < -0.4 is 5.32 Å². The van der Waals surface area contributed by atoms with E-state index < -0.39 is 30.4 Å². The summed E-state index contributed by atoms with van der Waals surface area (Å²) in [6.07, 6.45) is -0.127. The van der Waals surface area contributed by atoms with Gasteiger partial charge in [-0.1, -0.05) is 12.1 Å². The molecular weight excluding hydrogens is 267 g/mol. The van der Waals surface area contributed by atoms with Crippen LogP contribution in [-0.2, 0) is 16.0 Å². The zero-order chi connectivity index (χ0) is 14.7. The number of carboxylic acids is 1. The van der Waals surface area contributed by atoms with Crippen molar-refractivity contribution in [2.24, 2.45) is 0 Å². The summed E-state index contributed by atoms with van der Waals surface area (Å²) in [5, 5.41) is 11.0. The van der Waals surface area contributed by atoms with Crippen LogP contribution in [0.4, 0.5) is 9.18 Å². The maximum absolute atomic E-state index is 13.0. The summed E-state index contributed by atoms with van der Waals surface area (Å²) in [4.78, 5) is 35.0. The Morgan fingerprint density at radius 1 is 1.40 bits per heavy atom. The average molecular weight is 280 g/mol. The van der Waals surface area contributed by atoms with Crippen molar-refractivity contribution in [1.82, 2.24) is 10.2 Å². The minimum Gasteiger partial charge on any atom is -0.481 e. The number of aliphatic carboxylic acids is 1. The lowest BCUT2D eigenvalue weighted by Crippen LogP contribution is -2.34. The van der Waals surface area contributed by atoms with Gasteiger partial charge in [0.25, 0.3) is 5.91 Å². The third-order valence-corrected chi connectivity index (χ3v) is 3.00. The third kappa shape index (κ3) is 3.11. The van der Waals surface area contributed by atoms with Crippen molar-refractivity contribution in [3.8, 4) is 0 Å². The van der Waals surface area contributed by atoms with Gasteiger partial charge in [0.05, 0.1) is 6.42 Å². The largest absolute Gasteiger partial charge is 0.481 e. The molecule has 1 heterocycles. The molecule has 0 spiro atoms. The summed E-state index contributed by atoms with van der Waals surface area (Å²) in [5.41, 5.74) is 0.660. The molecule has 1 atom stereocenters. The van der Waals surface area contributed by atoms with Gasteiger partial charge >= 0.3 is 12.0 Å². The Labute approximate surface area is 114 Å². The molecule has 0 aliphatic carbocycles. The van der Waals surface area contributed by atoms with Gasteiger partial charge in [0.2, 0.25) is 0 Å². The number of carbonyl (C=O) groups is 3. The highest BCUT2D eigenvalue weighted by Crippen LogP contribution is 2.12. The summed E-state index contributed by atoms with van der Waals surface area (Å²) in [6.45, 7) is 0.0875. The normalized spacial score (nSPS) is 18.2. The Morgan fingerprint density at radius 2 is 2.15 bits per heavy atom. The number of hydrogen-bond acceptors (Lipinski definition) is 3. The first-order valence-corrected chi connectivity index (χ1v) is 6.05. The number of imide groups is 1. The Hall–Kier alpha value is -2.44. The highest BCUT2D eigenvalue weighted by atomic mass is 19.1. The molecule has 0 aromatic heterocycles. The summed E-state index contributed by atoms with van der Waals surface area (Å²) < 4.78 is 13.0. The predicted octanol–water partition coefficient (Wildman–Crippen LogP) is 0.763. The second kappa shape index (κ2) is 5.68. The Balaban J connectivity index is 1.97. The zero-order valence-corrected chi connectivity index (χ0v) is 10.5. The van der Waals surface area contributed by atoms with E-state index in [0.29, 0.717) is 12.0 Å². The Morgan fingerprint density at radius 3 is 2.80 bits per heavy atom. The van der Waals surface area contributed by atoms with Crippen LogP contribution >= 0.6 is 0 Å². The van der Waals surface area contributed by atoms with Crippen LogP contribution in [0.2, 0.25) is 0 Å². The predicted molar refractivity (Wildman–Crippen MR) is 66.4 cm³/mol. The molecule has 6 nitrogen and oxygen atoms in total. The van der Waals surface area contributed by atoms with Gasteiger partial charge in [-0.15, -0.1) is 0 Å². The molecule has 1 aromatic carbocycles. The molecule has 3 amide bonds. The standard InChI is InChI=1S/C13H13FN2O4/c14-9-3-1-2-8(6-9)4-5-16-12(19)10(7-11(17)18)15-13(16)20/h1-3,6,10H,4-5,7H2,(H,15,20)(H,17,18)/t10-/m0/s1. The first-order chi connectivity index (χ1) is 9.47. The molecule has 0 saturated carbocycles.